The number of esters is 2. The molecule has 4 N–H and O–H groups in total. The SMILES string of the molecule is C[C@]12CCC(=O)C=C1CCC1C2[C@@H](O)C[C@@]2(C)C1CC[C@]2(O)C(=O)COC(=O)CC(N)C(=O)OCCCCO[N+](=O)[O-]. The van der Waals surface area contributed by atoms with Gasteiger partial charge in [-0.15, -0.1) is 10.1 Å². The fraction of sp³-hybridized carbons (Fsp3) is 0.793. The topological polar surface area (TPSA) is 206 Å². The fourth-order valence-corrected chi connectivity index (χ4v) is 8.36. The normalized spacial score (nSPS) is 36.0. The van der Waals surface area contributed by atoms with Crippen LogP contribution in [0.5, 0.6) is 0 Å². The van der Waals surface area contributed by atoms with E-state index in [1.807, 2.05) is 6.92 Å². The maximum atomic E-state index is 13.4. The third-order valence-corrected chi connectivity index (χ3v) is 10.5. The molecule has 0 aromatic carbocycles. The number of ether oxygens (including phenoxy) is 2. The first kappa shape index (κ1) is 32.0. The molecule has 3 fully saturated rings. The number of aliphatic hydroxyl groups is 2. The number of carbonyl (C=O) groups excluding carboxylic acids is 4. The number of hydrogen-bond acceptors (Lipinski definition) is 12. The Balaban J connectivity index is 1.31. The Morgan fingerprint density at radius 2 is 1.86 bits per heavy atom. The molecular formula is C29H42N2O11. The molecule has 4 aliphatic carbocycles. The number of allylic oxidation sites excluding steroid dienone is 1. The van der Waals surface area contributed by atoms with Crippen molar-refractivity contribution in [2.75, 3.05) is 19.8 Å². The van der Waals surface area contributed by atoms with Crippen molar-refractivity contribution in [1.82, 2.24) is 0 Å². The Morgan fingerprint density at radius 3 is 2.57 bits per heavy atom. The molecule has 0 amide bonds. The molecule has 0 aromatic heterocycles. The van der Waals surface area contributed by atoms with Crippen LogP contribution in [0.1, 0.15) is 78.1 Å². The number of unbranched alkanes of at least 4 members (excludes halogenated alkanes) is 1. The first-order valence-corrected chi connectivity index (χ1v) is 14.8. The molecule has 0 aliphatic heterocycles. The minimum absolute atomic E-state index is 0.0131. The number of ketones is 2. The molecule has 8 atom stereocenters. The summed E-state index contributed by atoms with van der Waals surface area (Å²) in [5.41, 5.74) is 3.84. The molecule has 234 valence electrons. The highest BCUT2D eigenvalue weighted by Gasteiger charge is 2.68. The Morgan fingerprint density at radius 1 is 1.14 bits per heavy atom. The third kappa shape index (κ3) is 5.96. The van der Waals surface area contributed by atoms with Gasteiger partial charge in [-0.2, -0.15) is 0 Å². The summed E-state index contributed by atoms with van der Waals surface area (Å²) in [6.07, 6.45) is 4.73. The molecule has 0 spiro atoms. The van der Waals surface area contributed by atoms with E-state index in [1.54, 1.807) is 6.08 Å². The maximum absolute atomic E-state index is 13.4. The van der Waals surface area contributed by atoms with Crippen molar-refractivity contribution in [3.8, 4) is 0 Å². The van der Waals surface area contributed by atoms with Gasteiger partial charge in [0.15, 0.2) is 12.4 Å². The molecule has 0 radical (unpaired) electrons. The highest BCUT2D eigenvalue weighted by molar-refractivity contribution is 5.92. The molecule has 3 saturated carbocycles. The number of hydrogen-bond donors (Lipinski definition) is 3. The van der Waals surface area contributed by atoms with Crippen LogP contribution < -0.4 is 5.73 Å². The van der Waals surface area contributed by atoms with E-state index in [1.165, 1.54) is 0 Å². The molecule has 0 saturated heterocycles. The maximum Gasteiger partial charge on any atom is 0.323 e. The molecule has 0 bridgehead atoms. The first-order valence-electron chi connectivity index (χ1n) is 14.8. The van der Waals surface area contributed by atoms with Gasteiger partial charge in [0.05, 0.1) is 25.7 Å². The van der Waals surface area contributed by atoms with Crippen LogP contribution in [-0.4, -0.2) is 76.4 Å². The summed E-state index contributed by atoms with van der Waals surface area (Å²) < 4.78 is 10.1. The number of carbonyl (C=O) groups is 4. The largest absolute Gasteiger partial charge is 0.465 e. The van der Waals surface area contributed by atoms with E-state index in [2.05, 4.69) is 11.8 Å². The summed E-state index contributed by atoms with van der Waals surface area (Å²) in [4.78, 5) is 64.1. The van der Waals surface area contributed by atoms with Gasteiger partial charge >= 0.3 is 11.9 Å². The second kappa shape index (κ2) is 12.4. The van der Waals surface area contributed by atoms with Crippen molar-refractivity contribution in [3.63, 3.8) is 0 Å². The van der Waals surface area contributed by atoms with Crippen LogP contribution in [-0.2, 0) is 33.5 Å². The highest BCUT2D eigenvalue weighted by atomic mass is 16.9. The molecule has 0 heterocycles. The lowest BCUT2D eigenvalue weighted by Crippen LogP contribution is -2.62. The van der Waals surface area contributed by atoms with Crippen LogP contribution in [0, 0.1) is 38.7 Å². The van der Waals surface area contributed by atoms with E-state index in [0.717, 1.165) is 18.4 Å². The van der Waals surface area contributed by atoms with Crippen LogP contribution >= 0.6 is 0 Å². The molecule has 4 aliphatic rings. The van der Waals surface area contributed by atoms with Crippen molar-refractivity contribution < 1.29 is 48.8 Å². The van der Waals surface area contributed by atoms with Crippen LogP contribution in [0.3, 0.4) is 0 Å². The Bertz CT molecular complexity index is 1140. The zero-order valence-electron chi connectivity index (χ0n) is 24.2. The third-order valence-electron chi connectivity index (χ3n) is 10.5. The second-order valence-electron chi connectivity index (χ2n) is 12.8. The minimum atomic E-state index is -1.79. The smallest absolute Gasteiger partial charge is 0.323 e. The van der Waals surface area contributed by atoms with Gasteiger partial charge in [-0.3, -0.25) is 19.2 Å². The number of fused-ring (bicyclic) bond motifs is 5. The minimum Gasteiger partial charge on any atom is -0.465 e. The molecule has 4 rings (SSSR count). The molecule has 13 heteroatoms. The Kier molecular flexibility index (Phi) is 9.43. The summed E-state index contributed by atoms with van der Waals surface area (Å²) in [6.45, 7) is 3.10. The summed E-state index contributed by atoms with van der Waals surface area (Å²) in [5, 5.41) is 32.4. The lowest BCUT2D eigenvalue weighted by Gasteiger charge is -2.60. The first-order chi connectivity index (χ1) is 19.7. The van der Waals surface area contributed by atoms with Crippen LogP contribution in [0.25, 0.3) is 0 Å². The van der Waals surface area contributed by atoms with E-state index in [-0.39, 0.29) is 61.4 Å². The van der Waals surface area contributed by atoms with Gasteiger partial charge in [-0.25, -0.2) is 0 Å². The summed E-state index contributed by atoms with van der Waals surface area (Å²) in [7, 11) is 0. The van der Waals surface area contributed by atoms with Gasteiger partial charge in [-0.05, 0) is 80.6 Å². The van der Waals surface area contributed by atoms with Crippen LogP contribution in [0.15, 0.2) is 11.6 Å². The molecule has 4 unspecified atom stereocenters. The van der Waals surface area contributed by atoms with Gasteiger partial charge < -0.3 is 30.3 Å². The van der Waals surface area contributed by atoms with Crippen molar-refractivity contribution in [2.45, 2.75) is 95.8 Å². The fourth-order valence-electron chi connectivity index (χ4n) is 8.36. The van der Waals surface area contributed by atoms with E-state index < -0.39 is 59.0 Å². The van der Waals surface area contributed by atoms with Crippen molar-refractivity contribution in [3.05, 3.63) is 21.8 Å². The summed E-state index contributed by atoms with van der Waals surface area (Å²) >= 11 is 0. The molecular weight excluding hydrogens is 552 g/mol. The zero-order chi connectivity index (χ0) is 30.9. The van der Waals surface area contributed by atoms with Gasteiger partial charge in [0.2, 0.25) is 5.78 Å². The van der Waals surface area contributed by atoms with E-state index >= 15 is 0 Å². The van der Waals surface area contributed by atoms with Gasteiger partial charge in [-0.1, -0.05) is 19.4 Å². The summed E-state index contributed by atoms with van der Waals surface area (Å²) in [5.74, 6) is -2.26. The van der Waals surface area contributed by atoms with Gasteiger partial charge in [0.1, 0.15) is 11.6 Å². The number of aliphatic hydroxyl groups excluding tert-OH is 1. The predicted octanol–water partition coefficient (Wildman–Crippen LogP) is 1.58. The van der Waals surface area contributed by atoms with Crippen LogP contribution in [0.4, 0.5) is 0 Å². The highest BCUT2D eigenvalue weighted by Crippen LogP contribution is 2.67. The Hall–Kier alpha value is -2.90. The zero-order valence-corrected chi connectivity index (χ0v) is 24.2. The lowest BCUT2D eigenvalue weighted by molar-refractivity contribution is -0.757. The molecule has 13 nitrogen and oxygen atoms in total. The lowest BCUT2D eigenvalue weighted by atomic mass is 9.45. The van der Waals surface area contributed by atoms with Crippen molar-refractivity contribution in [1.29, 1.82) is 0 Å². The molecule has 0 aromatic rings. The van der Waals surface area contributed by atoms with E-state index in [4.69, 9.17) is 15.2 Å². The van der Waals surface area contributed by atoms with Crippen LogP contribution in [0.2, 0.25) is 0 Å². The Labute approximate surface area is 244 Å². The number of Topliss-reactive ketones (excluding diaryl/α,β-unsaturated/α-hetero) is 1. The predicted molar refractivity (Wildman–Crippen MR) is 145 cm³/mol. The number of nitrogens with zero attached hydrogens (tertiary/aromatic N) is 1. The number of nitrogens with two attached hydrogens (primary N) is 1. The quantitative estimate of drug-likeness (QED) is 0.127. The average molecular weight is 595 g/mol. The van der Waals surface area contributed by atoms with Gasteiger partial charge in [0, 0.05) is 11.8 Å². The average Bonchev–Trinajstić information content (AvgIpc) is 3.19. The monoisotopic (exact) mass is 594 g/mol. The number of rotatable bonds is 12. The van der Waals surface area contributed by atoms with Crippen molar-refractivity contribution in [2.24, 2.45) is 34.3 Å². The van der Waals surface area contributed by atoms with Crippen molar-refractivity contribution >= 4 is 23.5 Å². The summed E-state index contributed by atoms with van der Waals surface area (Å²) in [6, 6.07) is -1.33. The van der Waals surface area contributed by atoms with E-state index in [9.17, 15) is 39.5 Å². The standard InChI is InChI=1S/C29H42N2O11/c1-27-9-7-18(32)13-17(27)5-6-19-20-8-10-29(37,28(20,2)15-22(33)25(19)27)23(34)16-41-24(35)14-21(30)26(36)40-11-3-4-12-42-31(38)39/h13,19-22,25,33,37H,3-12,14-16,30H2,1-2H3/t19?,20?,21?,22-,25?,27-,28-,29-/m0/s1. The second-order valence-corrected chi connectivity index (χ2v) is 12.8. The van der Waals surface area contributed by atoms with Gasteiger partial charge in [0.25, 0.3) is 5.09 Å². The van der Waals surface area contributed by atoms with E-state index in [0.29, 0.717) is 25.7 Å². The molecule has 42 heavy (non-hydrogen) atoms.